The van der Waals surface area contributed by atoms with Crippen LogP contribution in [0, 0.1) is 12.8 Å². The zero-order chi connectivity index (χ0) is 13.0. The molecule has 1 N–H and O–H groups in total. The third-order valence-corrected chi connectivity index (χ3v) is 3.67. The fourth-order valence-electron chi connectivity index (χ4n) is 2.43. The highest BCUT2D eigenvalue weighted by Crippen LogP contribution is 2.39. The molecule has 1 aromatic rings. The van der Waals surface area contributed by atoms with Crippen molar-refractivity contribution < 1.29 is 4.74 Å². The van der Waals surface area contributed by atoms with Gasteiger partial charge in [0, 0.05) is 11.6 Å². The van der Waals surface area contributed by atoms with Crippen LogP contribution in [0.4, 0.5) is 0 Å². The maximum atomic E-state index is 5.55. The minimum Gasteiger partial charge on any atom is -0.496 e. The normalized spacial score (nSPS) is 16.6. The second kappa shape index (κ2) is 6.24. The first kappa shape index (κ1) is 13.4. The van der Waals surface area contributed by atoms with Crippen LogP contribution >= 0.6 is 0 Å². The first-order chi connectivity index (χ1) is 8.74. The van der Waals surface area contributed by atoms with Gasteiger partial charge in [0.2, 0.25) is 0 Å². The molecule has 0 radical (unpaired) electrons. The molecule has 1 unspecified atom stereocenters. The lowest BCUT2D eigenvalue weighted by atomic mass is 9.98. The van der Waals surface area contributed by atoms with Crippen LogP contribution in [0.3, 0.4) is 0 Å². The van der Waals surface area contributed by atoms with Crippen molar-refractivity contribution in [1.29, 1.82) is 0 Å². The number of methoxy groups -OCH3 is 1. The second-order valence-corrected chi connectivity index (χ2v) is 5.43. The average Bonchev–Trinajstić information content (AvgIpc) is 3.18. The van der Waals surface area contributed by atoms with E-state index >= 15 is 0 Å². The van der Waals surface area contributed by atoms with Gasteiger partial charge in [0.15, 0.2) is 0 Å². The summed E-state index contributed by atoms with van der Waals surface area (Å²) < 4.78 is 5.55. The predicted octanol–water partition coefficient (Wildman–Crippen LogP) is 3.84. The van der Waals surface area contributed by atoms with E-state index in [1.807, 2.05) is 0 Å². The van der Waals surface area contributed by atoms with Crippen molar-refractivity contribution in [3.63, 3.8) is 0 Å². The van der Waals surface area contributed by atoms with Gasteiger partial charge in [-0.25, -0.2) is 0 Å². The molecule has 2 nitrogen and oxygen atoms in total. The average molecular weight is 247 g/mol. The van der Waals surface area contributed by atoms with Gasteiger partial charge in [-0.15, -0.1) is 0 Å². The third-order valence-electron chi connectivity index (χ3n) is 3.67. The van der Waals surface area contributed by atoms with E-state index in [0.29, 0.717) is 6.04 Å². The SMILES string of the molecule is CCCNC(CC1CC1)c1ccc(C)cc1OC. The molecule has 1 atom stereocenters. The number of hydrogen-bond acceptors (Lipinski definition) is 2. The van der Waals surface area contributed by atoms with Crippen LogP contribution in [0.25, 0.3) is 0 Å². The molecule has 0 heterocycles. The standard InChI is InChI=1S/C16H25NO/c1-4-9-17-15(11-13-6-7-13)14-8-5-12(2)10-16(14)18-3/h5,8,10,13,15,17H,4,6-7,9,11H2,1-3H3. The zero-order valence-electron chi connectivity index (χ0n) is 11.8. The minimum absolute atomic E-state index is 0.452. The van der Waals surface area contributed by atoms with Crippen LogP contribution in [0.15, 0.2) is 18.2 Å². The molecule has 1 aromatic carbocycles. The Hall–Kier alpha value is -1.02. The summed E-state index contributed by atoms with van der Waals surface area (Å²) in [7, 11) is 1.77. The van der Waals surface area contributed by atoms with Crippen molar-refractivity contribution in [1.82, 2.24) is 5.32 Å². The number of rotatable bonds is 7. The smallest absolute Gasteiger partial charge is 0.123 e. The lowest BCUT2D eigenvalue weighted by molar-refractivity contribution is 0.390. The van der Waals surface area contributed by atoms with E-state index in [-0.39, 0.29) is 0 Å². The minimum atomic E-state index is 0.452. The highest BCUT2D eigenvalue weighted by atomic mass is 16.5. The van der Waals surface area contributed by atoms with Gasteiger partial charge in [0.1, 0.15) is 5.75 Å². The highest BCUT2D eigenvalue weighted by molar-refractivity contribution is 5.39. The quantitative estimate of drug-likeness (QED) is 0.790. The molecule has 0 spiro atoms. The Kier molecular flexibility index (Phi) is 4.65. The molecule has 0 amide bonds. The lowest BCUT2D eigenvalue weighted by Gasteiger charge is -2.21. The van der Waals surface area contributed by atoms with Gasteiger partial charge in [-0.1, -0.05) is 31.9 Å². The topological polar surface area (TPSA) is 21.3 Å². The maximum absolute atomic E-state index is 5.55. The van der Waals surface area contributed by atoms with Crippen LogP contribution in [0.1, 0.15) is 49.8 Å². The van der Waals surface area contributed by atoms with E-state index in [1.165, 1.54) is 36.8 Å². The van der Waals surface area contributed by atoms with Crippen molar-refractivity contribution in [2.24, 2.45) is 5.92 Å². The summed E-state index contributed by atoms with van der Waals surface area (Å²) >= 11 is 0. The molecule has 1 aliphatic carbocycles. The molecule has 100 valence electrons. The number of ether oxygens (including phenoxy) is 1. The molecule has 0 aliphatic heterocycles. The van der Waals surface area contributed by atoms with E-state index in [2.05, 4.69) is 37.4 Å². The molecular formula is C16H25NO. The van der Waals surface area contributed by atoms with Gasteiger partial charge in [-0.05, 0) is 43.9 Å². The summed E-state index contributed by atoms with van der Waals surface area (Å²) in [5.74, 6) is 1.95. The van der Waals surface area contributed by atoms with Crippen LogP contribution in [-0.4, -0.2) is 13.7 Å². The predicted molar refractivity (Wildman–Crippen MR) is 76.1 cm³/mol. The van der Waals surface area contributed by atoms with Gasteiger partial charge < -0.3 is 10.1 Å². The molecule has 0 bridgehead atoms. The number of aryl methyl sites for hydroxylation is 1. The molecule has 1 saturated carbocycles. The Bertz CT molecular complexity index is 385. The zero-order valence-corrected chi connectivity index (χ0v) is 11.8. The molecule has 18 heavy (non-hydrogen) atoms. The fraction of sp³-hybridized carbons (Fsp3) is 0.625. The highest BCUT2D eigenvalue weighted by Gasteiger charge is 2.27. The van der Waals surface area contributed by atoms with Crippen molar-refractivity contribution in [2.45, 2.75) is 45.6 Å². The van der Waals surface area contributed by atoms with E-state index in [9.17, 15) is 0 Å². The van der Waals surface area contributed by atoms with E-state index in [1.54, 1.807) is 7.11 Å². The Labute approximate surface area is 111 Å². The summed E-state index contributed by atoms with van der Waals surface area (Å²) in [5.41, 5.74) is 2.58. The first-order valence-corrected chi connectivity index (χ1v) is 7.12. The van der Waals surface area contributed by atoms with Crippen LogP contribution in [-0.2, 0) is 0 Å². The second-order valence-electron chi connectivity index (χ2n) is 5.43. The largest absolute Gasteiger partial charge is 0.496 e. The van der Waals surface area contributed by atoms with E-state index < -0.39 is 0 Å². The van der Waals surface area contributed by atoms with E-state index in [0.717, 1.165) is 18.2 Å². The Balaban J connectivity index is 2.16. The summed E-state index contributed by atoms with van der Waals surface area (Å²) in [6.45, 7) is 5.41. The fourth-order valence-corrected chi connectivity index (χ4v) is 2.43. The molecule has 2 rings (SSSR count). The number of nitrogens with one attached hydrogen (secondary N) is 1. The maximum Gasteiger partial charge on any atom is 0.123 e. The first-order valence-electron chi connectivity index (χ1n) is 7.12. The van der Waals surface area contributed by atoms with Gasteiger partial charge in [0.05, 0.1) is 7.11 Å². The summed E-state index contributed by atoms with van der Waals surface area (Å²) in [6, 6.07) is 7.01. The number of benzene rings is 1. The van der Waals surface area contributed by atoms with Crippen LogP contribution < -0.4 is 10.1 Å². The van der Waals surface area contributed by atoms with Gasteiger partial charge in [0.25, 0.3) is 0 Å². The van der Waals surface area contributed by atoms with Crippen molar-refractivity contribution in [2.75, 3.05) is 13.7 Å². The molecule has 1 aliphatic rings. The molecule has 0 aromatic heterocycles. The number of hydrogen-bond donors (Lipinski definition) is 1. The Morgan fingerprint density at radius 2 is 2.17 bits per heavy atom. The van der Waals surface area contributed by atoms with Crippen LogP contribution in [0.5, 0.6) is 5.75 Å². The summed E-state index contributed by atoms with van der Waals surface area (Å²) in [5, 5.41) is 3.67. The van der Waals surface area contributed by atoms with Gasteiger partial charge in [-0.3, -0.25) is 0 Å². The Morgan fingerprint density at radius 1 is 1.39 bits per heavy atom. The monoisotopic (exact) mass is 247 g/mol. The molecule has 2 heteroatoms. The molecule has 1 fully saturated rings. The molecule has 0 saturated heterocycles. The third kappa shape index (κ3) is 3.49. The van der Waals surface area contributed by atoms with Gasteiger partial charge >= 0.3 is 0 Å². The molecular weight excluding hydrogens is 222 g/mol. The summed E-state index contributed by atoms with van der Waals surface area (Å²) in [4.78, 5) is 0. The summed E-state index contributed by atoms with van der Waals surface area (Å²) in [6.07, 6.45) is 5.23. The van der Waals surface area contributed by atoms with Crippen molar-refractivity contribution in [3.8, 4) is 5.75 Å². The van der Waals surface area contributed by atoms with Crippen molar-refractivity contribution in [3.05, 3.63) is 29.3 Å². The van der Waals surface area contributed by atoms with E-state index in [4.69, 9.17) is 4.74 Å². The lowest BCUT2D eigenvalue weighted by Crippen LogP contribution is -2.23. The Morgan fingerprint density at radius 3 is 2.78 bits per heavy atom. The van der Waals surface area contributed by atoms with Gasteiger partial charge in [-0.2, -0.15) is 0 Å². The van der Waals surface area contributed by atoms with Crippen LogP contribution in [0.2, 0.25) is 0 Å². The van der Waals surface area contributed by atoms with Crippen molar-refractivity contribution >= 4 is 0 Å².